The second-order valence-corrected chi connectivity index (χ2v) is 9.48. The minimum absolute atomic E-state index is 0.111. The van der Waals surface area contributed by atoms with Crippen molar-refractivity contribution in [3.05, 3.63) is 59.7 Å². The predicted molar refractivity (Wildman–Crippen MR) is 121 cm³/mol. The minimum Gasteiger partial charge on any atom is -0.497 e. The van der Waals surface area contributed by atoms with Gasteiger partial charge in [-0.1, -0.05) is 25.0 Å². The Bertz CT molecular complexity index is 936. The SMILES string of the molecule is COc1ccc(S(=O)(=O)NCc2ccc(C(=O)NCCN3CCCCCC3)cc2)cc1. The molecule has 0 bridgehead atoms. The highest BCUT2D eigenvalue weighted by atomic mass is 32.2. The van der Waals surface area contributed by atoms with E-state index >= 15 is 0 Å². The number of amides is 1. The molecule has 1 aliphatic rings. The zero-order chi connectivity index (χ0) is 22.1. The highest BCUT2D eigenvalue weighted by molar-refractivity contribution is 7.89. The number of methoxy groups -OCH3 is 1. The van der Waals surface area contributed by atoms with Crippen LogP contribution in [0.5, 0.6) is 5.75 Å². The van der Waals surface area contributed by atoms with Crippen LogP contribution in [0.2, 0.25) is 0 Å². The molecule has 7 nitrogen and oxygen atoms in total. The highest BCUT2D eigenvalue weighted by Crippen LogP contribution is 2.16. The number of ether oxygens (including phenoxy) is 1. The van der Waals surface area contributed by atoms with Gasteiger partial charge in [0, 0.05) is 25.2 Å². The second kappa shape index (κ2) is 11.3. The smallest absolute Gasteiger partial charge is 0.251 e. The summed E-state index contributed by atoms with van der Waals surface area (Å²) in [6.45, 7) is 3.86. The topological polar surface area (TPSA) is 87.7 Å². The Morgan fingerprint density at radius 3 is 2.23 bits per heavy atom. The van der Waals surface area contributed by atoms with Gasteiger partial charge in [0.1, 0.15) is 5.75 Å². The molecule has 0 aliphatic carbocycles. The fourth-order valence-electron chi connectivity index (χ4n) is 3.58. The molecule has 0 radical (unpaired) electrons. The molecule has 0 spiro atoms. The zero-order valence-electron chi connectivity index (χ0n) is 18.0. The van der Waals surface area contributed by atoms with Crippen molar-refractivity contribution in [1.29, 1.82) is 0 Å². The van der Waals surface area contributed by atoms with Crippen LogP contribution in [0.1, 0.15) is 41.6 Å². The molecule has 0 saturated carbocycles. The average molecular weight is 446 g/mol. The van der Waals surface area contributed by atoms with Gasteiger partial charge in [-0.3, -0.25) is 4.79 Å². The Labute approximate surface area is 184 Å². The maximum Gasteiger partial charge on any atom is 0.251 e. The van der Waals surface area contributed by atoms with Crippen LogP contribution in [0.4, 0.5) is 0 Å². The van der Waals surface area contributed by atoms with E-state index < -0.39 is 10.0 Å². The second-order valence-electron chi connectivity index (χ2n) is 7.71. The standard InChI is InChI=1S/C23H31N3O4S/c1-30-21-10-12-22(13-11-21)31(28,29)25-18-19-6-8-20(9-7-19)23(27)24-14-17-26-15-4-2-3-5-16-26/h6-13,25H,2-5,14-18H2,1H3,(H,24,27). The zero-order valence-corrected chi connectivity index (χ0v) is 18.8. The first kappa shape index (κ1) is 23.2. The summed E-state index contributed by atoms with van der Waals surface area (Å²) < 4.78 is 32.5. The Balaban J connectivity index is 1.47. The molecule has 0 atom stereocenters. The van der Waals surface area contributed by atoms with Crippen molar-refractivity contribution in [3.63, 3.8) is 0 Å². The van der Waals surface area contributed by atoms with Gasteiger partial charge >= 0.3 is 0 Å². The molecule has 2 N–H and O–H groups in total. The largest absolute Gasteiger partial charge is 0.497 e. The maximum atomic E-state index is 12.4. The van der Waals surface area contributed by atoms with E-state index in [-0.39, 0.29) is 17.3 Å². The van der Waals surface area contributed by atoms with E-state index in [4.69, 9.17) is 4.74 Å². The summed E-state index contributed by atoms with van der Waals surface area (Å²) >= 11 is 0. The maximum absolute atomic E-state index is 12.4. The third-order valence-electron chi connectivity index (χ3n) is 5.46. The molecule has 1 amide bonds. The third-order valence-corrected chi connectivity index (χ3v) is 6.88. The van der Waals surface area contributed by atoms with Crippen molar-refractivity contribution in [3.8, 4) is 5.75 Å². The van der Waals surface area contributed by atoms with Crippen LogP contribution in [-0.2, 0) is 16.6 Å². The molecule has 3 rings (SSSR count). The van der Waals surface area contributed by atoms with E-state index in [1.807, 2.05) is 0 Å². The summed E-state index contributed by atoms with van der Waals surface area (Å²) in [6.07, 6.45) is 5.06. The van der Waals surface area contributed by atoms with Crippen LogP contribution in [0.25, 0.3) is 0 Å². The summed E-state index contributed by atoms with van der Waals surface area (Å²) in [4.78, 5) is 15.0. The Morgan fingerprint density at radius 2 is 1.61 bits per heavy atom. The molecule has 2 aromatic rings. The van der Waals surface area contributed by atoms with E-state index in [1.165, 1.54) is 44.9 Å². The number of likely N-dealkylation sites (tertiary alicyclic amines) is 1. The Morgan fingerprint density at radius 1 is 0.968 bits per heavy atom. The molecular formula is C23H31N3O4S. The van der Waals surface area contributed by atoms with Crippen molar-refractivity contribution in [2.24, 2.45) is 0 Å². The first-order chi connectivity index (χ1) is 15.0. The molecule has 31 heavy (non-hydrogen) atoms. The predicted octanol–water partition coefficient (Wildman–Crippen LogP) is 2.78. The summed E-state index contributed by atoms with van der Waals surface area (Å²) in [5, 5.41) is 2.97. The van der Waals surface area contributed by atoms with Crippen molar-refractivity contribution < 1.29 is 17.9 Å². The molecule has 1 saturated heterocycles. The van der Waals surface area contributed by atoms with Crippen LogP contribution in [0.15, 0.2) is 53.4 Å². The molecule has 1 heterocycles. The van der Waals surface area contributed by atoms with Gasteiger partial charge < -0.3 is 15.0 Å². The number of nitrogens with one attached hydrogen (secondary N) is 2. The van der Waals surface area contributed by atoms with Crippen molar-refractivity contribution in [1.82, 2.24) is 14.9 Å². The lowest BCUT2D eigenvalue weighted by atomic mass is 10.1. The van der Waals surface area contributed by atoms with Gasteiger partial charge in [-0.2, -0.15) is 0 Å². The van der Waals surface area contributed by atoms with Gasteiger partial charge in [0.15, 0.2) is 0 Å². The van der Waals surface area contributed by atoms with E-state index in [1.54, 1.807) is 36.4 Å². The number of carbonyl (C=O) groups excluding carboxylic acids is 1. The number of hydrogen-bond donors (Lipinski definition) is 2. The molecular weight excluding hydrogens is 414 g/mol. The minimum atomic E-state index is -3.62. The van der Waals surface area contributed by atoms with Gasteiger partial charge in [-0.15, -0.1) is 0 Å². The number of sulfonamides is 1. The fraction of sp³-hybridized carbons (Fsp3) is 0.435. The molecule has 2 aromatic carbocycles. The molecule has 1 aliphatic heterocycles. The van der Waals surface area contributed by atoms with Crippen LogP contribution in [-0.4, -0.2) is 52.5 Å². The first-order valence-corrected chi connectivity index (χ1v) is 12.2. The van der Waals surface area contributed by atoms with E-state index in [9.17, 15) is 13.2 Å². The number of hydrogen-bond acceptors (Lipinski definition) is 5. The molecule has 8 heteroatoms. The average Bonchev–Trinajstić information content (AvgIpc) is 3.07. The lowest BCUT2D eigenvalue weighted by Gasteiger charge is -2.19. The van der Waals surface area contributed by atoms with E-state index in [0.29, 0.717) is 17.9 Å². The molecule has 1 fully saturated rings. The number of rotatable bonds is 9. The van der Waals surface area contributed by atoms with Gasteiger partial charge in [-0.25, -0.2) is 13.1 Å². The number of nitrogens with zero attached hydrogens (tertiary/aromatic N) is 1. The summed E-state index contributed by atoms with van der Waals surface area (Å²) in [5.74, 6) is 0.486. The number of carbonyl (C=O) groups is 1. The third kappa shape index (κ3) is 7.05. The molecule has 0 unspecified atom stereocenters. The summed E-state index contributed by atoms with van der Waals surface area (Å²) in [6, 6.07) is 13.2. The lowest BCUT2D eigenvalue weighted by Crippen LogP contribution is -2.35. The van der Waals surface area contributed by atoms with Crippen molar-refractivity contribution in [2.45, 2.75) is 37.1 Å². The molecule has 168 valence electrons. The van der Waals surface area contributed by atoms with Gasteiger partial charge in [0.05, 0.1) is 12.0 Å². The first-order valence-electron chi connectivity index (χ1n) is 10.7. The quantitative estimate of drug-likeness (QED) is 0.620. The van der Waals surface area contributed by atoms with E-state index in [2.05, 4.69) is 14.9 Å². The van der Waals surface area contributed by atoms with Crippen LogP contribution < -0.4 is 14.8 Å². The normalized spacial score (nSPS) is 15.3. The van der Waals surface area contributed by atoms with E-state index in [0.717, 1.165) is 25.2 Å². The highest BCUT2D eigenvalue weighted by Gasteiger charge is 2.14. The van der Waals surface area contributed by atoms with Gasteiger partial charge in [-0.05, 0) is 67.9 Å². The van der Waals surface area contributed by atoms with Gasteiger partial charge in [0.25, 0.3) is 5.91 Å². The van der Waals surface area contributed by atoms with Crippen LogP contribution in [0.3, 0.4) is 0 Å². The Hall–Kier alpha value is -2.42. The molecule has 0 aromatic heterocycles. The number of benzene rings is 2. The van der Waals surface area contributed by atoms with Crippen LogP contribution >= 0.6 is 0 Å². The van der Waals surface area contributed by atoms with Crippen LogP contribution in [0, 0.1) is 0 Å². The lowest BCUT2D eigenvalue weighted by molar-refractivity contribution is 0.0948. The monoisotopic (exact) mass is 445 g/mol. The fourth-order valence-corrected chi connectivity index (χ4v) is 4.60. The van der Waals surface area contributed by atoms with Gasteiger partial charge in [0.2, 0.25) is 10.0 Å². The van der Waals surface area contributed by atoms with Crippen molar-refractivity contribution >= 4 is 15.9 Å². The summed E-state index contributed by atoms with van der Waals surface area (Å²) in [7, 11) is -2.10. The van der Waals surface area contributed by atoms with Crippen molar-refractivity contribution in [2.75, 3.05) is 33.3 Å². The Kier molecular flexibility index (Phi) is 8.45. The summed E-state index contributed by atoms with van der Waals surface area (Å²) in [5.41, 5.74) is 1.34.